The predicted molar refractivity (Wildman–Crippen MR) is 147 cm³/mol. The van der Waals surface area contributed by atoms with Crippen molar-refractivity contribution in [1.29, 1.82) is 0 Å². The van der Waals surface area contributed by atoms with Gasteiger partial charge in [0.25, 0.3) is 0 Å². The van der Waals surface area contributed by atoms with E-state index in [0.717, 1.165) is 17.8 Å². The number of hydrogen-bond acceptors (Lipinski definition) is 2. The molecule has 3 aromatic rings. The summed E-state index contributed by atoms with van der Waals surface area (Å²) in [6.45, 7) is 6.90. The van der Waals surface area contributed by atoms with Gasteiger partial charge in [-0.3, -0.25) is 0 Å². The minimum absolute atomic E-state index is 0.634. The summed E-state index contributed by atoms with van der Waals surface area (Å²) in [7, 11) is 0. The predicted octanol–water partition coefficient (Wildman–Crippen LogP) is 9.79. The van der Waals surface area contributed by atoms with Crippen LogP contribution in [-0.2, 0) is 6.42 Å². The van der Waals surface area contributed by atoms with Crippen LogP contribution in [-0.4, -0.2) is 9.97 Å². The van der Waals surface area contributed by atoms with E-state index >= 15 is 0 Å². The summed E-state index contributed by atoms with van der Waals surface area (Å²) in [5, 5.41) is 0. The largest absolute Gasteiger partial charge is 0.236 e. The molecule has 1 aromatic heterocycles. The number of aryl methyl sites for hydroxylation is 1. The average Bonchev–Trinajstić information content (AvgIpc) is 2.89. The van der Waals surface area contributed by atoms with Crippen LogP contribution in [0.2, 0.25) is 0 Å². The van der Waals surface area contributed by atoms with Crippen molar-refractivity contribution in [2.75, 3.05) is 0 Å². The lowest BCUT2D eigenvalue weighted by Crippen LogP contribution is -1.94. The molecule has 2 aromatic carbocycles. The lowest BCUT2D eigenvalue weighted by Gasteiger charge is -2.13. The lowest BCUT2D eigenvalue weighted by atomic mass is 9.93. The number of nitrogens with zero attached hydrogens (tertiary/aromatic N) is 2. The summed E-state index contributed by atoms with van der Waals surface area (Å²) in [5.41, 5.74) is 6.28. The van der Waals surface area contributed by atoms with Crippen LogP contribution in [0.15, 0.2) is 60.9 Å². The van der Waals surface area contributed by atoms with Crippen LogP contribution >= 0.6 is 0 Å². The summed E-state index contributed by atoms with van der Waals surface area (Å²) in [6.07, 6.45) is 19.6. The molecule has 0 unspecified atom stereocenters. The van der Waals surface area contributed by atoms with E-state index in [4.69, 9.17) is 0 Å². The fourth-order valence-electron chi connectivity index (χ4n) is 4.60. The van der Waals surface area contributed by atoms with Gasteiger partial charge in [-0.1, -0.05) is 127 Å². The first-order chi connectivity index (χ1) is 16.7. The van der Waals surface area contributed by atoms with Crippen molar-refractivity contribution in [2.24, 2.45) is 0 Å². The fourth-order valence-corrected chi connectivity index (χ4v) is 4.60. The van der Waals surface area contributed by atoms with E-state index < -0.39 is 0 Å². The van der Waals surface area contributed by atoms with Crippen LogP contribution in [0.25, 0.3) is 22.5 Å². The Morgan fingerprint density at radius 2 is 1.09 bits per heavy atom. The molecule has 0 bridgehead atoms. The molecule has 0 saturated carbocycles. The van der Waals surface area contributed by atoms with Crippen LogP contribution in [0.3, 0.4) is 0 Å². The van der Waals surface area contributed by atoms with Crippen molar-refractivity contribution < 1.29 is 0 Å². The summed E-state index contributed by atoms with van der Waals surface area (Å²) in [4.78, 5) is 9.25. The minimum Gasteiger partial charge on any atom is -0.236 e. The molecule has 0 N–H and O–H groups in total. The first-order valence-corrected chi connectivity index (χ1v) is 13.7. The number of hydrogen-bond donors (Lipinski definition) is 0. The number of aromatic nitrogens is 2. The third-order valence-corrected chi connectivity index (χ3v) is 6.97. The maximum Gasteiger partial charge on any atom is 0.159 e. The Hall–Kier alpha value is -2.48. The Morgan fingerprint density at radius 1 is 0.588 bits per heavy atom. The Labute approximate surface area is 208 Å². The van der Waals surface area contributed by atoms with E-state index in [1.54, 1.807) is 0 Å². The zero-order valence-corrected chi connectivity index (χ0v) is 21.7. The normalized spacial score (nSPS) is 12.1. The molecule has 1 atom stereocenters. The average molecular weight is 457 g/mol. The molecular weight excluding hydrogens is 412 g/mol. The molecule has 0 saturated heterocycles. The highest BCUT2D eigenvalue weighted by atomic mass is 14.9. The summed E-state index contributed by atoms with van der Waals surface area (Å²) in [5.74, 6) is 1.44. The summed E-state index contributed by atoms with van der Waals surface area (Å²) < 4.78 is 0. The molecule has 182 valence electrons. The molecule has 2 nitrogen and oxygen atoms in total. The number of rotatable bonds is 15. The SMILES string of the molecule is CCCCCCCc1cnc(-c2ccc(-c3ccc([C@H](C)CCCCCCC)cc3)cc2)nc1. The molecule has 1 heterocycles. The third kappa shape index (κ3) is 8.38. The van der Waals surface area contributed by atoms with E-state index in [2.05, 4.69) is 79.3 Å². The van der Waals surface area contributed by atoms with Crippen molar-refractivity contribution in [3.63, 3.8) is 0 Å². The molecular formula is C32H44N2. The quantitative estimate of drug-likeness (QED) is 0.213. The molecule has 0 aliphatic rings. The lowest BCUT2D eigenvalue weighted by molar-refractivity contribution is 0.567. The maximum atomic E-state index is 4.63. The van der Waals surface area contributed by atoms with Crippen molar-refractivity contribution >= 4 is 0 Å². The van der Waals surface area contributed by atoms with Gasteiger partial charge < -0.3 is 0 Å². The molecule has 0 aliphatic heterocycles. The highest BCUT2D eigenvalue weighted by molar-refractivity contribution is 5.67. The number of benzene rings is 2. The van der Waals surface area contributed by atoms with Crippen LogP contribution in [0.5, 0.6) is 0 Å². The molecule has 0 amide bonds. The maximum absolute atomic E-state index is 4.63. The van der Waals surface area contributed by atoms with Gasteiger partial charge in [0.1, 0.15) is 0 Å². The van der Waals surface area contributed by atoms with Crippen LogP contribution in [0.1, 0.15) is 108 Å². The summed E-state index contributed by atoms with van der Waals surface area (Å²) in [6, 6.07) is 17.8. The number of unbranched alkanes of at least 4 members (excludes halogenated alkanes) is 8. The van der Waals surface area contributed by atoms with Gasteiger partial charge in [-0.2, -0.15) is 0 Å². The van der Waals surface area contributed by atoms with Gasteiger partial charge in [0, 0.05) is 18.0 Å². The minimum atomic E-state index is 0.634. The van der Waals surface area contributed by atoms with Crippen molar-refractivity contribution in [2.45, 2.75) is 104 Å². The van der Waals surface area contributed by atoms with E-state index in [0.29, 0.717) is 5.92 Å². The van der Waals surface area contributed by atoms with E-state index in [1.807, 2.05) is 12.4 Å². The van der Waals surface area contributed by atoms with Crippen LogP contribution in [0, 0.1) is 0 Å². The Bertz CT molecular complexity index is 926. The smallest absolute Gasteiger partial charge is 0.159 e. The van der Waals surface area contributed by atoms with E-state index in [-0.39, 0.29) is 0 Å². The van der Waals surface area contributed by atoms with E-state index in [9.17, 15) is 0 Å². The Kier molecular flexibility index (Phi) is 11.3. The van der Waals surface area contributed by atoms with Gasteiger partial charge in [0.05, 0.1) is 0 Å². The van der Waals surface area contributed by atoms with E-state index in [1.165, 1.54) is 92.9 Å². The second-order valence-corrected chi connectivity index (χ2v) is 9.88. The third-order valence-electron chi connectivity index (χ3n) is 6.97. The first kappa shape index (κ1) is 26.1. The molecule has 34 heavy (non-hydrogen) atoms. The highest BCUT2D eigenvalue weighted by Gasteiger charge is 2.07. The molecule has 0 radical (unpaired) electrons. The van der Waals surface area contributed by atoms with Crippen molar-refractivity contribution in [1.82, 2.24) is 9.97 Å². The zero-order valence-electron chi connectivity index (χ0n) is 21.7. The van der Waals surface area contributed by atoms with Gasteiger partial charge in [-0.25, -0.2) is 9.97 Å². The molecule has 0 aliphatic carbocycles. The monoisotopic (exact) mass is 456 g/mol. The van der Waals surface area contributed by atoms with Crippen LogP contribution < -0.4 is 0 Å². The van der Waals surface area contributed by atoms with Gasteiger partial charge >= 0.3 is 0 Å². The van der Waals surface area contributed by atoms with Gasteiger partial charge in [0.2, 0.25) is 0 Å². The zero-order chi connectivity index (χ0) is 24.0. The van der Waals surface area contributed by atoms with Gasteiger partial charge in [0.15, 0.2) is 5.82 Å². The van der Waals surface area contributed by atoms with Crippen LogP contribution in [0.4, 0.5) is 0 Å². The molecule has 0 spiro atoms. The standard InChI is InChI=1S/C32H44N2/c1-4-6-8-10-12-14-26(3)28-16-18-29(19-17-28)30-20-22-31(23-21-30)32-33-24-27(25-34-32)15-13-11-9-7-5-2/h16-26H,4-15H2,1-3H3/t26-/m1/s1. The van der Waals surface area contributed by atoms with Gasteiger partial charge in [-0.15, -0.1) is 0 Å². The second kappa shape index (κ2) is 14.7. The molecule has 3 rings (SSSR count). The van der Waals surface area contributed by atoms with Crippen molar-refractivity contribution in [3.8, 4) is 22.5 Å². The first-order valence-electron chi connectivity index (χ1n) is 13.7. The van der Waals surface area contributed by atoms with Gasteiger partial charge in [-0.05, 0) is 47.4 Å². The Balaban J connectivity index is 1.52. The van der Waals surface area contributed by atoms with Crippen molar-refractivity contribution in [3.05, 3.63) is 72.1 Å². The fraction of sp³-hybridized carbons (Fsp3) is 0.500. The Morgan fingerprint density at radius 3 is 1.68 bits per heavy atom. The molecule has 2 heteroatoms. The topological polar surface area (TPSA) is 25.8 Å². The second-order valence-electron chi connectivity index (χ2n) is 9.88. The summed E-state index contributed by atoms with van der Waals surface area (Å²) >= 11 is 0. The highest BCUT2D eigenvalue weighted by Crippen LogP contribution is 2.27. The molecule has 0 fully saturated rings.